The number of piperazine rings is 1. The lowest BCUT2D eigenvalue weighted by Gasteiger charge is -2.40. The molecule has 0 amide bonds. The molecular formula is C14H22N2O4S2. The van der Waals surface area contributed by atoms with Gasteiger partial charge in [-0.15, -0.1) is 0 Å². The van der Waals surface area contributed by atoms with Gasteiger partial charge in [-0.2, -0.15) is 0 Å². The Labute approximate surface area is 132 Å². The van der Waals surface area contributed by atoms with E-state index in [1.54, 1.807) is 6.07 Å². The van der Waals surface area contributed by atoms with Crippen LogP contribution in [0, 0.1) is 0 Å². The average Bonchev–Trinajstić information content (AvgIpc) is 2.36. The molecule has 0 unspecified atom stereocenters. The van der Waals surface area contributed by atoms with E-state index in [1.165, 1.54) is 12.1 Å². The number of benzene rings is 1. The maximum atomic E-state index is 12.1. The summed E-state index contributed by atoms with van der Waals surface area (Å²) in [6.45, 7) is 4.41. The Balaban J connectivity index is 2.57. The van der Waals surface area contributed by atoms with Crippen molar-refractivity contribution in [2.75, 3.05) is 44.1 Å². The molecule has 1 aliphatic rings. The lowest BCUT2D eigenvalue weighted by molar-refractivity contribution is 0.275. The van der Waals surface area contributed by atoms with Crippen molar-refractivity contribution >= 4 is 25.4 Å². The van der Waals surface area contributed by atoms with Gasteiger partial charge in [-0.05, 0) is 32.2 Å². The van der Waals surface area contributed by atoms with Gasteiger partial charge in [0.25, 0.3) is 0 Å². The molecule has 1 aliphatic heterocycles. The predicted octanol–water partition coefficient (Wildman–Crippen LogP) is 0.634. The highest BCUT2D eigenvalue weighted by atomic mass is 32.2. The van der Waals surface area contributed by atoms with E-state index in [0.29, 0.717) is 12.2 Å². The van der Waals surface area contributed by atoms with Crippen molar-refractivity contribution in [2.45, 2.75) is 22.8 Å². The molecular weight excluding hydrogens is 324 g/mol. The molecule has 0 saturated carbocycles. The zero-order valence-electron chi connectivity index (χ0n) is 13.3. The van der Waals surface area contributed by atoms with Crippen LogP contribution >= 0.6 is 0 Å². The number of hydrogen-bond acceptors (Lipinski definition) is 6. The van der Waals surface area contributed by atoms with E-state index in [0.717, 1.165) is 25.6 Å². The maximum Gasteiger partial charge on any atom is 0.177 e. The molecule has 0 radical (unpaired) electrons. The molecule has 8 heteroatoms. The van der Waals surface area contributed by atoms with Gasteiger partial charge in [0.15, 0.2) is 19.7 Å². The molecule has 124 valence electrons. The monoisotopic (exact) mass is 346 g/mol. The topological polar surface area (TPSA) is 74.8 Å². The van der Waals surface area contributed by atoms with Crippen molar-refractivity contribution in [3.63, 3.8) is 0 Å². The first-order valence-electron chi connectivity index (χ1n) is 6.99. The molecule has 1 aromatic carbocycles. The highest BCUT2D eigenvalue weighted by Gasteiger charge is 2.27. The van der Waals surface area contributed by atoms with E-state index in [2.05, 4.69) is 4.90 Å². The molecule has 1 heterocycles. The molecule has 1 saturated heterocycles. The van der Waals surface area contributed by atoms with Crippen molar-refractivity contribution in [2.24, 2.45) is 0 Å². The summed E-state index contributed by atoms with van der Waals surface area (Å²) in [6, 6.07) is 4.51. The summed E-state index contributed by atoms with van der Waals surface area (Å²) in [7, 11) is -4.94. The van der Waals surface area contributed by atoms with Crippen LogP contribution in [-0.2, 0) is 19.7 Å². The second-order valence-corrected chi connectivity index (χ2v) is 9.98. The lowest BCUT2D eigenvalue weighted by atomic mass is 10.1. The summed E-state index contributed by atoms with van der Waals surface area (Å²) >= 11 is 0. The van der Waals surface area contributed by atoms with E-state index in [9.17, 15) is 16.8 Å². The Kier molecular flexibility index (Phi) is 4.56. The summed E-state index contributed by atoms with van der Waals surface area (Å²) in [5, 5.41) is 0. The molecule has 2 rings (SSSR count). The zero-order valence-corrected chi connectivity index (χ0v) is 14.9. The minimum absolute atomic E-state index is 0.0263. The minimum Gasteiger partial charge on any atom is -0.365 e. The molecule has 0 aromatic heterocycles. The Morgan fingerprint density at radius 1 is 1.05 bits per heavy atom. The van der Waals surface area contributed by atoms with Crippen molar-refractivity contribution in [3.8, 4) is 0 Å². The third-order valence-electron chi connectivity index (χ3n) is 3.90. The van der Waals surface area contributed by atoms with Crippen molar-refractivity contribution in [3.05, 3.63) is 18.2 Å². The smallest absolute Gasteiger partial charge is 0.177 e. The normalized spacial score (nSPS) is 21.1. The highest BCUT2D eigenvalue weighted by Crippen LogP contribution is 2.30. The number of sulfone groups is 2. The Morgan fingerprint density at radius 2 is 1.68 bits per heavy atom. The van der Waals surface area contributed by atoms with Crippen molar-refractivity contribution in [1.29, 1.82) is 0 Å². The first kappa shape index (κ1) is 17.2. The number of rotatable bonds is 3. The van der Waals surface area contributed by atoms with Crippen LogP contribution in [-0.4, -0.2) is 67.0 Å². The van der Waals surface area contributed by atoms with Crippen LogP contribution in [0.1, 0.15) is 6.92 Å². The summed E-state index contributed by atoms with van der Waals surface area (Å²) < 4.78 is 47.6. The van der Waals surface area contributed by atoms with E-state index < -0.39 is 19.7 Å². The number of nitrogens with zero attached hydrogens (tertiary/aromatic N) is 2. The van der Waals surface area contributed by atoms with Gasteiger partial charge in [0.05, 0.1) is 15.5 Å². The maximum absolute atomic E-state index is 12.1. The van der Waals surface area contributed by atoms with Crippen LogP contribution < -0.4 is 4.90 Å². The third kappa shape index (κ3) is 3.61. The summed E-state index contributed by atoms with van der Waals surface area (Å²) in [5.41, 5.74) is 0.579. The largest absolute Gasteiger partial charge is 0.365 e. The van der Waals surface area contributed by atoms with Gasteiger partial charge >= 0.3 is 0 Å². The predicted molar refractivity (Wildman–Crippen MR) is 87.0 cm³/mol. The van der Waals surface area contributed by atoms with E-state index in [-0.39, 0.29) is 15.8 Å². The average molecular weight is 346 g/mol. The van der Waals surface area contributed by atoms with Gasteiger partial charge in [0, 0.05) is 38.2 Å². The summed E-state index contributed by atoms with van der Waals surface area (Å²) in [5.74, 6) is 0. The number of anilines is 1. The molecule has 1 aromatic rings. The lowest BCUT2D eigenvalue weighted by Crippen LogP contribution is -2.50. The van der Waals surface area contributed by atoms with Crippen LogP contribution in [0.3, 0.4) is 0 Å². The highest BCUT2D eigenvalue weighted by molar-refractivity contribution is 7.91. The molecule has 0 spiro atoms. The first-order chi connectivity index (χ1) is 10.00. The second kappa shape index (κ2) is 5.82. The first-order valence-corrected chi connectivity index (χ1v) is 10.8. The van der Waals surface area contributed by atoms with Gasteiger partial charge in [0.2, 0.25) is 0 Å². The molecule has 0 bridgehead atoms. The fraction of sp³-hybridized carbons (Fsp3) is 0.571. The van der Waals surface area contributed by atoms with Crippen LogP contribution in [0.5, 0.6) is 0 Å². The van der Waals surface area contributed by atoms with Crippen molar-refractivity contribution in [1.82, 2.24) is 4.90 Å². The van der Waals surface area contributed by atoms with Crippen LogP contribution in [0.2, 0.25) is 0 Å². The zero-order chi connectivity index (χ0) is 16.7. The third-order valence-corrected chi connectivity index (χ3v) is 6.14. The Morgan fingerprint density at radius 3 is 2.18 bits per heavy atom. The van der Waals surface area contributed by atoms with Crippen LogP contribution in [0.4, 0.5) is 5.69 Å². The van der Waals surface area contributed by atoms with Gasteiger partial charge in [-0.3, -0.25) is 0 Å². The van der Waals surface area contributed by atoms with Crippen LogP contribution in [0.15, 0.2) is 28.0 Å². The number of likely N-dealkylation sites (N-methyl/N-ethyl adjacent to an activating group) is 1. The standard InChI is InChI=1S/C14H22N2O4S2/c1-11-10-15(2)7-8-16(11)13-6-5-12(21(3,17)18)9-14(13)22(4,19)20/h5-6,9,11H,7-8,10H2,1-4H3/t11-/m1/s1. The quantitative estimate of drug-likeness (QED) is 0.799. The van der Waals surface area contributed by atoms with Gasteiger partial charge in [-0.25, -0.2) is 16.8 Å². The molecule has 0 aliphatic carbocycles. The fourth-order valence-electron chi connectivity index (χ4n) is 2.76. The van der Waals surface area contributed by atoms with Gasteiger partial charge < -0.3 is 9.80 Å². The van der Waals surface area contributed by atoms with E-state index in [1.807, 2.05) is 18.9 Å². The van der Waals surface area contributed by atoms with Gasteiger partial charge in [0.1, 0.15) is 0 Å². The van der Waals surface area contributed by atoms with E-state index >= 15 is 0 Å². The molecule has 1 atom stereocenters. The van der Waals surface area contributed by atoms with Gasteiger partial charge in [-0.1, -0.05) is 0 Å². The molecule has 22 heavy (non-hydrogen) atoms. The number of hydrogen-bond donors (Lipinski definition) is 0. The molecule has 1 fully saturated rings. The Hall–Kier alpha value is -1.12. The summed E-state index contributed by atoms with van der Waals surface area (Å²) in [6.07, 6.45) is 2.19. The molecule has 6 nitrogen and oxygen atoms in total. The fourth-order valence-corrected chi connectivity index (χ4v) is 4.38. The summed E-state index contributed by atoms with van der Waals surface area (Å²) in [4.78, 5) is 4.32. The molecule has 0 N–H and O–H groups in total. The second-order valence-electron chi connectivity index (χ2n) is 5.98. The minimum atomic E-state index is -3.52. The Bertz CT molecular complexity index is 772. The van der Waals surface area contributed by atoms with E-state index in [4.69, 9.17) is 0 Å². The van der Waals surface area contributed by atoms with Crippen molar-refractivity contribution < 1.29 is 16.8 Å². The van der Waals surface area contributed by atoms with Crippen LogP contribution in [0.25, 0.3) is 0 Å². The SMILES string of the molecule is C[C@@H]1CN(C)CCN1c1ccc(S(C)(=O)=O)cc1S(C)(=O)=O.